The van der Waals surface area contributed by atoms with Crippen LogP contribution in [-0.2, 0) is 17.3 Å². The van der Waals surface area contributed by atoms with Gasteiger partial charge in [0, 0.05) is 30.8 Å². The molecular formula is C20H28IN3O2S. The number of methoxy groups -OCH3 is 1. The Bertz CT molecular complexity index is 724. The van der Waals surface area contributed by atoms with E-state index < -0.39 is 10.8 Å². The topological polar surface area (TPSA) is 53.9 Å². The van der Waals surface area contributed by atoms with Crippen LogP contribution in [0, 0.1) is 0 Å². The van der Waals surface area contributed by atoms with Gasteiger partial charge >= 0.3 is 0 Å². The molecule has 2 aromatic carbocycles. The van der Waals surface area contributed by atoms with Crippen LogP contribution >= 0.6 is 24.0 Å². The van der Waals surface area contributed by atoms with E-state index in [1.54, 1.807) is 7.11 Å². The number of hydrogen-bond acceptors (Lipinski definition) is 3. The molecule has 0 heterocycles. The summed E-state index contributed by atoms with van der Waals surface area (Å²) in [6.45, 7) is 4.07. The van der Waals surface area contributed by atoms with Gasteiger partial charge in [0.1, 0.15) is 5.75 Å². The third-order valence-electron chi connectivity index (χ3n) is 3.82. The molecule has 0 aliphatic rings. The van der Waals surface area contributed by atoms with Gasteiger partial charge in [0.15, 0.2) is 5.96 Å². The highest BCUT2D eigenvalue weighted by molar-refractivity contribution is 14.0. The van der Waals surface area contributed by atoms with E-state index in [0.717, 1.165) is 29.7 Å². The maximum atomic E-state index is 12.3. The number of nitrogens with zero attached hydrogens (tertiary/aromatic N) is 2. The van der Waals surface area contributed by atoms with Crippen molar-refractivity contribution < 1.29 is 8.95 Å². The molecule has 0 fully saturated rings. The smallest absolute Gasteiger partial charge is 0.193 e. The zero-order valence-electron chi connectivity index (χ0n) is 16.1. The Morgan fingerprint density at radius 2 is 1.81 bits per heavy atom. The molecular weight excluding hydrogens is 473 g/mol. The molecule has 0 spiro atoms. The zero-order chi connectivity index (χ0) is 18.8. The summed E-state index contributed by atoms with van der Waals surface area (Å²) < 4.78 is 17.5. The van der Waals surface area contributed by atoms with Crippen molar-refractivity contribution in [2.75, 3.05) is 33.0 Å². The van der Waals surface area contributed by atoms with Gasteiger partial charge in [-0.05, 0) is 36.8 Å². The standard InChI is InChI=1S/C20H27N3O2S.HI/c1-4-21-20(22-14-15-26(24)19-8-6-5-7-9-19)23(2)16-17-10-12-18(25-3)13-11-17;/h5-13H,4,14-16H2,1-3H3,(H,21,22);1H. The predicted molar refractivity (Wildman–Crippen MR) is 124 cm³/mol. The van der Waals surface area contributed by atoms with Gasteiger partial charge in [-0.1, -0.05) is 30.3 Å². The SMILES string of the molecule is CCNC(=NCCS(=O)c1ccccc1)N(C)Cc1ccc(OC)cc1.I. The van der Waals surface area contributed by atoms with Crippen molar-refractivity contribution >= 4 is 40.7 Å². The van der Waals surface area contributed by atoms with E-state index in [4.69, 9.17) is 4.74 Å². The van der Waals surface area contributed by atoms with Gasteiger partial charge in [0.25, 0.3) is 0 Å². The highest BCUT2D eigenvalue weighted by atomic mass is 127. The average Bonchev–Trinajstić information content (AvgIpc) is 2.68. The van der Waals surface area contributed by atoms with Crippen LogP contribution in [0.25, 0.3) is 0 Å². The van der Waals surface area contributed by atoms with Crippen molar-refractivity contribution in [2.24, 2.45) is 4.99 Å². The first-order valence-corrected chi connectivity index (χ1v) is 10.0. The lowest BCUT2D eigenvalue weighted by atomic mass is 10.2. The summed E-state index contributed by atoms with van der Waals surface area (Å²) in [7, 11) is 2.64. The van der Waals surface area contributed by atoms with Gasteiger partial charge in [-0.25, -0.2) is 0 Å². The van der Waals surface area contributed by atoms with Crippen molar-refractivity contribution in [2.45, 2.75) is 18.4 Å². The van der Waals surface area contributed by atoms with E-state index in [9.17, 15) is 4.21 Å². The normalized spacial score (nSPS) is 12.0. The van der Waals surface area contributed by atoms with Gasteiger partial charge in [-0.2, -0.15) is 0 Å². The fraction of sp³-hybridized carbons (Fsp3) is 0.350. The number of rotatable bonds is 8. The van der Waals surface area contributed by atoms with E-state index >= 15 is 0 Å². The molecule has 2 rings (SSSR count). The molecule has 5 nitrogen and oxygen atoms in total. The Balaban J connectivity index is 0.00000364. The van der Waals surface area contributed by atoms with E-state index in [1.807, 2.05) is 68.6 Å². The molecule has 1 N–H and O–H groups in total. The van der Waals surface area contributed by atoms with Gasteiger partial charge in [-0.3, -0.25) is 9.20 Å². The van der Waals surface area contributed by atoms with Gasteiger partial charge in [0.2, 0.25) is 0 Å². The van der Waals surface area contributed by atoms with Crippen molar-refractivity contribution in [3.63, 3.8) is 0 Å². The van der Waals surface area contributed by atoms with Gasteiger partial charge in [-0.15, -0.1) is 24.0 Å². The molecule has 0 saturated heterocycles. The zero-order valence-corrected chi connectivity index (χ0v) is 19.2. The molecule has 0 aliphatic carbocycles. The molecule has 27 heavy (non-hydrogen) atoms. The van der Waals surface area contributed by atoms with Crippen molar-refractivity contribution in [3.05, 3.63) is 60.2 Å². The highest BCUT2D eigenvalue weighted by Gasteiger charge is 2.08. The van der Waals surface area contributed by atoms with Crippen LogP contribution in [0.1, 0.15) is 12.5 Å². The minimum atomic E-state index is -1.03. The summed E-state index contributed by atoms with van der Waals surface area (Å²) in [5, 5.41) is 3.29. The van der Waals surface area contributed by atoms with Gasteiger partial charge in [0.05, 0.1) is 24.5 Å². The molecule has 0 saturated carbocycles. The molecule has 0 amide bonds. The second-order valence-corrected chi connectivity index (χ2v) is 7.37. The number of aliphatic imine (C=N–C) groups is 1. The maximum Gasteiger partial charge on any atom is 0.193 e. The summed E-state index contributed by atoms with van der Waals surface area (Å²) >= 11 is 0. The molecule has 0 bridgehead atoms. The molecule has 0 aromatic heterocycles. The largest absolute Gasteiger partial charge is 0.497 e. The lowest BCUT2D eigenvalue weighted by Gasteiger charge is -2.22. The quantitative estimate of drug-likeness (QED) is 0.342. The summed E-state index contributed by atoms with van der Waals surface area (Å²) in [4.78, 5) is 7.54. The first kappa shape index (κ1) is 23.4. The van der Waals surface area contributed by atoms with Crippen molar-refractivity contribution in [3.8, 4) is 5.75 Å². The summed E-state index contributed by atoms with van der Waals surface area (Å²) in [5.74, 6) is 2.17. The molecule has 1 unspecified atom stereocenters. The molecule has 0 aliphatic heterocycles. The van der Waals surface area contributed by atoms with E-state index in [2.05, 4.69) is 15.2 Å². The van der Waals surface area contributed by atoms with Crippen LogP contribution in [0.3, 0.4) is 0 Å². The Hall–Kier alpha value is -1.61. The van der Waals surface area contributed by atoms with E-state index in [0.29, 0.717) is 12.3 Å². The molecule has 148 valence electrons. The lowest BCUT2D eigenvalue weighted by molar-refractivity contribution is 0.414. The van der Waals surface area contributed by atoms with Crippen molar-refractivity contribution in [1.82, 2.24) is 10.2 Å². The fourth-order valence-corrected chi connectivity index (χ4v) is 3.43. The van der Waals surface area contributed by atoms with Crippen LogP contribution in [0.2, 0.25) is 0 Å². The monoisotopic (exact) mass is 501 g/mol. The maximum absolute atomic E-state index is 12.3. The van der Waals surface area contributed by atoms with E-state index in [-0.39, 0.29) is 24.0 Å². The Morgan fingerprint density at radius 3 is 2.41 bits per heavy atom. The first-order valence-electron chi connectivity index (χ1n) is 8.69. The molecule has 7 heteroatoms. The van der Waals surface area contributed by atoms with Gasteiger partial charge < -0.3 is 15.0 Å². The van der Waals surface area contributed by atoms with Crippen LogP contribution in [0.5, 0.6) is 5.75 Å². The number of halogens is 1. The Morgan fingerprint density at radius 1 is 1.15 bits per heavy atom. The minimum Gasteiger partial charge on any atom is -0.497 e. The molecule has 1 atom stereocenters. The lowest BCUT2D eigenvalue weighted by Crippen LogP contribution is -2.38. The molecule has 2 aromatic rings. The molecule has 0 radical (unpaired) electrons. The second kappa shape index (κ2) is 12.7. The fourth-order valence-electron chi connectivity index (χ4n) is 2.47. The predicted octanol–water partition coefficient (Wildman–Crippen LogP) is 3.52. The van der Waals surface area contributed by atoms with Crippen LogP contribution in [0.4, 0.5) is 0 Å². The van der Waals surface area contributed by atoms with Crippen LogP contribution in [-0.4, -0.2) is 48.1 Å². The summed E-state index contributed by atoms with van der Waals surface area (Å²) in [6.07, 6.45) is 0. The van der Waals surface area contributed by atoms with Crippen LogP contribution in [0.15, 0.2) is 64.5 Å². The van der Waals surface area contributed by atoms with E-state index in [1.165, 1.54) is 5.56 Å². The summed E-state index contributed by atoms with van der Waals surface area (Å²) in [6, 6.07) is 17.5. The number of nitrogens with one attached hydrogen (secondary N) is 1. The highest BCUT2D eigenvalue weighted by Crippen LogP contribution is 2.12. The number of guanidine groups is 1. The minimum absolute atomic E-state index is 0. The summed E-state index contributed by atoms with van der Waals surface area (Å²) in [5.41, 5.74) is 1.17. The second-order valence-electron chi connectivity index (χ2n) is 5.80. The Kier molecular flexibility index (Phi) is 11.0. The number of ether oxygens (including phenoxy) is 1. The first-order chi connectivity index (χ1) is 12.6. The van der Waals surface area contributed by atoms with Crippen LogP contribution < -0.4 is 10.1 Å². The average molecular weight is 501 g/mol. The number of benzene rings is 2. The van der Waals surface area contributed by atoms with Crippen molar-refractivity contribution in [1.29, 1.82) is 0 Å². The third-order valence-corrected chi connectivity index (χ3v) is 5.17. The third kappa shape index (κ3) is 7.88. The Labute approximate surface area is 181 Å². The number of hydrogen-bond donors (Lipinski definition) is 1.